The van der Waals surface area contributed by atoms with Gasteiger partial charge < -0.3 is 14.7 Å². The molecule has 0 bridgehead atoms. The molecule has 2 aromatic carbocycles. The summed E-state index contributed by atoms with van der Waals surface area (Å²) < 4.78 is 6.60. The average Bonchev–Trinajstić information content (AvgIpc) is 3.31. The number of rotatable bonds is 4. The lowest BCUT2D eigenvalue weighted by molar-refractivity contribution is -0.140. The van der Waals surface area contributed by atoms with Crippen LogP contribution in [0.5, 0.6) is 0 Å². The maximum atomic E-state index is 13.0. The number of nitrogens with zero attached hydrogens (tertiary/aromatic N) is 1. The van der Waals surface area contributed by atoms with E-state index in [1.807, 2.05) is 43.3 Å². The first-order chi connectivity index (χ1) is 14.0. The van der Waals surface area contributed by atoms with Gasteiger partial charge in [-0.1, -0.05) is 57.9 Å². The maximum Gasteiger partial charge on any atom is 0.295 e. The summed E-state index contributed by atoms with van der Waals surface area (Å²) in [6, 6.07) is 14.1. The normalized spacial score (nSPS) is 23.7. The molecule has 1 amide bonds. The zero-order valence-corrected chi connectivity index (χ0v) is 17.7. The Morgan fingerprint density at radius 3 is 2.45 bits per heavy atom. The molecule has 150 valence electrons. The summed E-state index contributed by atoms with van der Waals surface area (Å²) in [6.45, 7) is 2.95. The third-order valence-electron chi connectivity index (χ3n) is 5.48. The van der Waals surface area contributed by atoms with Crippen LogP contribution >= 0.6 is 15.9 Å². The Labute approximate surface area is 178 Å². The fourth-order valence-corrected chi connectivity index (χ4v) is 4.20. The molecule has 29 heavy (non-hydrogen) atoms. The van der Waals surface area contributed by atoms with Crippen LogP contribution in [-0.4, -0.2) is 41.0 Å². The molecule has 2 heterocycles. The first-order valence-electron chi connectivity index (χ1n) is 9.68. The number of aliphatic hydroxyl groups excluding tert-OH is 1. The molecule has 4 rings (SSSR count). The molecule has 2 aromatic rings. The molecule has 2 unspecified atom stereocenters. The summed E-state index contributed by atoms with van der Waals surface area (Å²) in [6.07, 6.45) is 1.71. The zero-order chi connectivity index (χ0) is 20.5. The number of halogens is 1. The van der Waals surface area contributed by atoms with Gasteiger partial charge >= 0.3 is 0 Å². The van der Waals surface area contributed by atoms with Gasteiger partial charge in [-0.25, -0.2) is 0 Å². The van der Waals surface area contributed by atoms with Crippen molar-refractivity contribution >= 4 is 33.4 Å². The molecular weight excluding hydrogens is 434 g/mol. The van der Waals surface area contributed by atoms with Crippen LogP contribution in [0.25, 0.3) is 5.76 Å². The lowest BCUT2D eigenvalue weighted by Gasteiger charge is -2.27. The summed E-state index contributed by atoms with van der Waals surface area (Å²) in [7, 11) is 0. The van der Waals surface area contributed by atoms with Crippen LogP contribution in [0.4, 0.5) is 0 Å². The van der Waals surface area contributed by atoms with Gasteiger partial charge in [0.05, 0.1) is 17.7 Å². The highest BCUT2D eigenvalue weighted by Crippen LogP contribution is 2.40. The first-order valence-corrected chi connectivity index (χ1v) is 10.5. The van der Waals surface area contributed by atoms with Crippen molar-refractivity contribution in [2.45, 2.75) is 31.9 Å². The topological polar surface area (TPSA) is 66.8 Å². The molecular formula is C23H22BrNO4. The van der Waals surface area contributed by atoms with E-state index in [0.717, 1.165) is 28.4 Å². The van der Waals surface area contributed by atoms with E-state index in [-0.39, 0.29) is 17.4 Å². The minimum Gasteiger partial charge on any atom is -0.507 e. The van der Waals surface area contributed by atoms with Crippen molar-refractivity contribution in [2.24, 2.45) is 0 Å². The van der Waals surface area contributed by atoms with E-state index in [4.69, 9.17) is 4.74 Å². The second-order valence-corrected chi connectivity index (χ2v) is 8.42. The van der Waals surface area contributed by atoms with Crippen LogP contribution in [-0.2, 0) is 14.3 Å². The highest BCUT2D eigenvalue weighted by atomic mass is 79.9. The van der Waals surface area contributed by atoms with Crippen molar-refractivity contribution in [3.05, 3.63) is 75.3 Å². The number of aryl methyl sites for hydroxylation is 1. The molecule has 1 N–H and O–H groups in total. The number of hydrogen-bond donors (Lipinski definition) is 1. The van der Waals surface area contributed by atoms with Gasteiger partial charge in [0.1, 0.15) is 5.76 Å². The number of benzene rings is 2. The summed E-state index contributed by atoms with van der Waals surface area (Å²) >= 11 is 3.42. The number of carbonyl (C=O) groups excluding carboxylic acids is 2. The number of amides is 1. The standard InChI is InChI=1S/C23H22BrNO4/c1-14-4-6-16(7-5-14)21(26)19-20(15-8-10-17(24)11-9-15)25(23(28)22(19)27)13-18-3-2-12-29-18/h4-11,18,20,26H,2-3,12-13H2,1H3/b21-19+. The number of carbonyl (C=O) groups is 2. The Morgan fingerprint density at radius 1 is 1.14 bits per heavy atom. The smallest absolute Gasteiger partial charge is 0.295 e. The molecule has 2 aliphatic heterocycles. The largest absolute Gasteiger partial charge is 0.507 e. The van der Waals surface area contributed by atoms with Crippen LogP contribution in [0.15, 0.2) is 58.6 Å². The molecule has 5 nitrogen and oxygen atoms in total. The van der Waals surface area contributed by atoms with Crippen LogP contribution in [0.2, 0.25) is 0 Å². The summed E-state index contributed by atoms with van der Waals surface area (Å²) in [4.78, 5) is 27.4. The van der Waals surface area contributed by atoms with Crippen molar-refractivity contribution in [1.29, 1.82) is 0 Å². The van der Waals surface area contributed by atoms with Crippen molar-refractivity contribution in [2.75, 3.05) is 13.2 Å². The zero-order valence-electron chi connectivity index (χ0n) is 16.1. The van der Waals surface area contributed by atoms with E-state index >= 15 is 0 Å². The number of hydrogen-bond acceptors (Lipinski definition) is 4. The maximum absolute atomic E-state index is 13.0. The van der Waals surface area contributed by atoms with Gasteiger partial charge in [-0.15, -0.1) is 0 Å². The van der Waals surface area contributed by atoms with Gasteiger partial charge in [-0.3, -0.25) is 9.59 Å². The van der Waals surface area contributed by atoms with Gasteiger partial charge in [-0.2, -0.15) is 0 Å². The average molecular weight is 456 g/mol. The van der Waals surface area contributed by atoms with Gasteiger partial charge in [-0.05, 0) is 37.5 Å². The Hall–Kier alpha value is -2.44. The second kappa shape index (κ2) is 8.13. The predicted molar refractivity (Wildman–Crippen MR) is 113 cm³/mol. The molecule has 0 radical (unpaired) electrons. The van der Waals surface area contributed by atoms with Crippen LogP contribution in [0, 0.1) is 6.92 Å². The van der Waals surface area contributed by atoms with E-state index in [1.165, 1.54) is 0 Å². The second-order valence-electron chi connectivity index (χ2n) is 7.50. The molecule has 2 aliphatic rings. The van der Waals surface area contributed by atoms with Crippen LogP contribution < -0.4 is 0 Å². The lowest BCUT2D eigenvalue weighted by atomic mass is 9.95. The van der Waals surface area contributed by atoms with E-state index in [1.54, 1.807) is 17.0 Å². The Morgan fingerprint density at radius 2 is 1.83 bits per heavy atom. The molecule has 2 saturated heterocycles. The predicted octanol–water partition coefficient (Wildman–Crippen LogP) is 4.36. The Bertz CT molecular complexity index is 959. The molecule has 0 spiro atoms. The molecule has 0 saturated carbocycles. The van der Waals surface area contributed by atoms with Crippen LogP contribution in [0.1, 0.15) is 35.6 Å². The van der Waals surface area contributed by atoms with E-state index in [2.05, 4.69) is 15.9 Å². The van der Waals surface area contributed by atoms with Gasteiger partial charge in [0.25, 0.3) is 11.7 Å². The highest BCUT2D eigenvalue weighted by Gasteiger charge is 2.47. The molecule has 2 fully saturated rings. The quantitative estimate of drug-likeness (QED) is 0.422. The monoisotopic (exact) mass is 455 g/mol. The van der Waals surface area contributed by atoms with E-state index in [0.29, 0.717) is 18.7 Å². The minimum atomic E-state index is -0.658. The lowest BCUT2D eigenvalue weighted by Crippen LogP contribution is -2.36. The fourth-order valence-electron chi connectivity index (χ4n) is 3.93. The van der Waals surface area contributed by atoms with Crippen molar-refractivity contribution in [1.82, 2.24) is 4.90 Å². The van der Waals surface area contributed by atoms with Crippen molar-refractivity contribution < 1.29 is 19.4 Å². The summed E-state index contributed by atoms with van der Waals surface area (Å²) in [5.74, 6) is -1.40. The SMILES string of the molecule is Cc1ccc(/C(O)=C2\C(=O)C(=O)N(CC3CCCO3)C2c2ccc(Br)cc2)cc1. The molecule has 6 heteroatoms. The summed E-state index contributed by atoms with van der Waals surface area (Å²) in [5, 5.41) is 11.0. The first kappa shape index (κ1) is 19.9. The van der Waals surface area contributed by atoms with E-state index < -0.39 is 17.7 Å². The number of aliphatic hydroxyl groups is 1. The summed E-state index contributed by atoms with van der Waals surface area (Å²) in [5.41, 5.74) is 2.47. The van der Waals surface area contributed by atoms with Crippen molar-refractivity contribution in [3.63, 3.8) is 0 Å². The van der Waals surface area contributed by atoms with Gasteiger partial charge in [0.15, 0.2) is 0 Å². The van der Waals surface area contributed by atoms with Gasteiger partial charge in [0.2, 0.25) is 0 Å². The number of likely N-dealkylation sites (tertiary alicyclic amines) is 1. The minimum absolute atomic E-state index is 0.0921. The number of ether oxygens (including phenoxy) is 1. The third-order valence-corrected chi connectivity index (χ3v) is 6.00. The van der Waals surface area contributed by atoms with E-state index in [9.17, 15) is 14.7 Å². The Balaban J connectivity index is 1.81. The Kier molecular flexibility index (Phi) is 5.56. The molecule has 0 aliphatic carbocycles. The number of Topliss-reactive ketones (excluding diaryl/α,β-unsaturated/α-hetero) is 1. The van der Waals surface area contributed by atoms with Crippen molar-refractivity contribution in [3.8, 4) is 0 Å². The fraction of sp³-hybridized carbons (Fsp3) is 0.304. The molecule has 2 atom stereocenters. The molecule has 0 aromatic heterocycles. The van der Waals surface area contributed by atoms with Crippen LogP contribution in [0.3, 0.4) is 0 Å². The highest BCUT2D eigenvalue weighted by molar-refractivity contribution is 9.10. The number of ketones is 1. The third kappa shape index (κ3) is 3.87. The van der Waals surface area contributed by atoms with Gasteiger partial charge in [0, 0.05) is 23.2 Å².